The second-order valence-corrected chi connectivity index (χ2v) is 6.55. The summed E-state index contributed by atoms with van der Waals surface area (Å²) in [7, 11) is -2.67. The number of ether oxygens (including phenoxy) is 1. The van der Waals surface area contributed by atoms with E-state index in [1.165, 1.54) is 6.92 Å². The molecule has 2 atom stereocenters. The molecule has 0 aromatic carbocycles. The number of rotatable bonds is 6. The molecule has 0 saturated heterocycles. The first-order valence-electron chi connectivity index (χ1n) is 5.18. The molecule has 17 heavy (non-hydrogen) atoms. The van der Waals surface area contributed by atoms with Gasteiger partial charge in [-0.25, -0.2) is 13.1 Å². The molecule has 1 fully saturated rings. The van der Waals surface area contributed by atoms with Crippen molar-refractivity contribution >= 4 is 33.2 Å². The topological polar surface area (TPSA) is 98.5 Å². The summed E-state index contributed by atoms with van der Waals surface area (Å²) >= 11 is 4.82. The minimum Gasteiger partial charge on any atom is -0.468 e. The van der Waals surface area contributed by atoms with Crippen LogP contribution < -0.4 is 10.5 Å². The minimum absolute atomic E-state index is 0.105. The van der Waals surface area contributed by atoms with Crippen molar-refractivity contribution in [3.8, 4) is 0 Å². The van der Waals surface area contributed by atoms with Crippen LogP contribution in [0.2, 0.25) is 0 Å². The first-order chi connectivity index (χ1) is 7.79. The van der Waals surface area contributed by atoms with Crippen molar-refractivity contribution in [1.82, 2.24) is 4.72 Å². The van der Waals surface area contributed by atoms with Crippen LogP contribution in [0, 0.1) is 5.92 Å². The van der Waals surface area contributed by atoms with Crippen LogP contribution in [0.5, 0.6) is 0 Å². The maximum Gasteiger partial charge on any atom is 0.325 e. The van der Waals surface area contributed by atoms with Crippen molar-refractivity contribution in [1.29, 1.82) is 0 Å². The molecule has 0 heterocycles. The molecule has 6 nitrogen and oxygen atoms in total. The summed E-state index contributed by atoms with van der Waals surface area (Å²) < 4.78 is 30.5. The normalized spacial score (nSPS) is 19.4. The number of nitrogens with one attached hydrogen (secondary N) is 1. The van der Waals surface area contributed by atoms with Gasteiger partial charge in [-0.2, -0.15) is 0 Å². The predicted molar refractivity (Wildman–Crippen MR) is 66.8 cm³/mol. The highest BCUT2D eigenvalue weighted by atomic mass is 32.2. The zero-order valence-corrected chi connectivity index (χ0v) is 11.3. The number of hydrogen-bond donors (Lipinski definition) is 2. The fraction of sp³-hybridized carbons (Fsp3) is 0.778. The number of thiocarbonyl (C=S) groups is 1. The molecule has 98 valence electrons. The summed E-state index contributed by atoms with van der Waals surface area (Å²) in [6.45, 7) is 1.26. The van der Waals surface area contributed by atoms with E-state index in [2.05, 4.69) is 9.46 Å². The largest absolute Gasteiger partial charge is 0.468 e. The molecule has 1 aliphatic rings. The molecular formula is C9H16N2O4S2. The summed E-state index contributed by atoms with van der Waals surface area (Å²) in [6, 6.07) is -0.567. The van der Waals surface area contributed by atoms with Crippen molar-refractivity contribution in [2.75, 3.05) is 7.11 Å². The number of carbonyl (C=O) groups excluding carboxylic acids is 1. The van der Waals surface area contributed by atoms with E-state index in [1.54, 1.807) is 0 Å². The molecule has 0 radical (unpaired) electrons. The summed E-state index contributed by atoms with van der Waals surface area (Å²) in [5, 5.41) is -1.27. The van der Waals surface area contributed by atoms with Crippen LogP contribution in [0.3, 0.4) is 0 Å². The summed E-state index contributed by atoms with van der Waals surface area (Å²) in [4.78, 5) is 11.3. The van der Waals surface area contributed by atoms with Gasteiger partial charge in [0.05, 0.1) is 18.1 Å². The summed E-state index contributed by atoms with van der Waals surface area (Å²) in [6.07, 6.45) is 1.77. The Morgan fingerprint density at radius 3 is 2.41 bits per heavy atom. The first-order valence-corrected chi connectivity index (χ1v) is 7.13. The van der Waals surface area contributed by atoms with Crippen LogP contribution in [0.1, 0.15) is 19.8 Å². The zero-order valence-electron chi connectivity index (χ0n) is 9.67. The van der Waals surface area contributed by atoms with Gasteiger partial charge < -0.3 is 10.5 Å². The lowest BCUT2D eigenvalue weighted by atomic mass is 10.2. The number of hydrogen-bond acceptors (Lipinski definition) is 5. The van der Waals surface area contributed by atoms with Crippen LogP contribution in [-0.4, -0.2) is 37.8 Å². The zero-order chi connectivity index (χ0) is 13.2. The van der Waals surface area contributed by atoms with Gasteiger partial charge in [-0.3, -0.25) is 4.79 Å². The van der Waals surface area contributed by atoms with E-state index < -0.39 is 27.3 Å². The van der Waals surface area contributed by atoms with Gasteiger partial charge in [-0.05, 0) is 25.7 Å². The van der Waals surface area contributed by atoms with E-state index in [-0.39, 0.29) is 10.9 Å². The maximum absolute atomic E-state index is 11.9. The van der Waals surface area contributed by atoms with Crippen LogP contribution >= 0.6 is 12.2 Å². The van der Waals surface area contributed by atoms with Gasteiger partial charge in [0.15, 0.2) is 5.25 Å². The Hall–Kier alpha value is -0.730. The number of sulfonamides is 1. The van der Waals surface area contributed by atoms with E-state index >= 15 is 0 Å². The average Bonchev–Trinajstić information content (AvgIpc) is 3.07. The SMILES string of the molecule is COC(=O)C(C)S(=O)(=O)NC(C(N)=S)C1CC1. The Bertz CT molecular complexity index is 417. The molecule has 1 rings (SSSR count). The van der Waals surface area contributed by atoms with Crippen molar-refractivity contribution in [3.63, 3.8) is 0 Å². The van der Waals surface area contributed by atoms with Gasteiger partial charge in [-0.15, -0.1) is 0 Å². The lowest BCUT2D eigenvalue weighted by Crippen LogP contribution is -2.49. The van der Waals surface area contributed by atoms with E-state index in [4.69, 9.17) is 18.0 Å². The third-order valence-electron chi connectivity index (χ3n) is 2.69. The third-order valence-corrected chi connectivity index (χ3v) is 4.65. The van der Waals surface area contributed by atoms with Crippen molar-refractivity contribution in [2.24, 2.45) is 11.7 Å². The van der Waals surface area contributed by atoms with Gasteiger partial charge >= 0.3 is 5.97 Å². The summed E-state index contributed by atoms with van der Waals surface area (Å²) in [5.74, 6) is -0.665. The molecule has 2 unspecified atom stereocenters. The smallest absolute Gasteiger partial charge is 0.325 e. The van der Waals surface area contributed by atoms with Crippen molar-refractivity contribution in [3.05, 3.63) is 0 Å². The fourth-order valence-electron chi connectivity index (χ4n) is 1.39. The van der Waals surface area contributed by atoms with Gasteiger partial charge in [0.2, 0.25) is 10.0 Å². The molecular weight excluding hydrogens is 264 g/mol. The Balaban J connectivity index is 2.77. The van der Waals surface area contributed by atoms with Gasteiger partial charge in [-0.1, -0.05) is 12.2 Å². The summed E-state index contributed by atoms with van der Waals surface area (Å²) in [5.41, 5.74) is 5.48. The first kappa shape index (κ1) is 14.3. The standard InChI is InChI=1S/C9H16N2O4S2/c1-5(9(12)15-2)17(13,14)11-7(8(10)16)6-3-4-6/h5-7,11H,3-4H2,1-2H3,(H2,10,16). The molecule has 0 bridgehead atoms. The molecule has 3 N–H and O–H groups in total. The Morgan fingerprint density at radius 1 is 1.53 bits per heavy atom. The van der Waals surface area contributed by atoms with E-state index in [9.17, 15) is 13.2 Å². The van der Waals surface area contributed by atoms with Crippen molar-refractivity contribution in [2.45, 2.75) is 31.1 Å². The number of methoxy groups -OCH3 is 1. The van der Waals surface area contributed by atoms with Gasteiger partial charge in [0.25, 0.3) is 0 Å². The molecule has 8 heteroatoms. The number of esters is 1. The Labute approximate surface area is 106 Å². The van der Waals surface area contributed by atoms with E-state index in [1.807, 2.05) is 0 Å². The highest BCUT2D eigenvalue weighted by molar-refractivity contribution is 7.91. The molecule has 0 amide bonds. The molecule has 0 aliphatic heterocycles. The molecule has 0 aromatic rings. The van der Waals surface area contributed by atoms with Gasteiger partial charge in [0.1, 0.15) is 0 Å². The predicted octanol–water partition coefficient (Wildman–Crippen LogP) is -0.468. The number of carbonyl (C=O) groups is 1. The lowest BCUT2D eigenvalue weighted by molar-refractivity contribution is -0.139. The molecule has 1 saturated carbocycles. The Morgan fingerprint density at radius 2 is 2.06 bits per heavy atom. The Kier molecular flexibility index (Phi) is 4.45. The van der Waals surface area contributed by atoms with E-state index in [0.717, 1.165) is 20.0 Å². The number of nitrogens with two attached hydrogens (primary N) is 1. The fourth-order valence-corrected chi connectivity index (χ4v) is 2.94. The molecule has 0 aromatic heterocycles. The lowest BCUT2D eigenvalue weighted by Gasteiger charge is -2.19. The second kappa shape index (κ2) is 5.28. The van der Waals surface area contributed by atoms with Crippen LogP contribution in [0.15, 0.2) is 0 Å². The molecule has 1 aliphatic carbocycles. The maximum atomic E-state index is 11.9. The highest BCUT2D eigenvalue weighted by Gasteiger charge is 2.38. The van der Waals surface area contributed by atoms with Gasteiger partial charge in [0, 0.05) is 0 Å². The molecule has 0 spiro atoms. The van der Waals surface area contributed by atoms with Crippen LogP contribution in [-0.2, 0) is 19.6 Å². The minimum atomic E-state index is -3.81. The second-order valence-electron chi connectivity index (χ2n) is 4.05. The monoisotopic (exact) mass is 280 g/mol. The highest BCUT2D eigenvalue weighted by Crippen LogP contribution is 2.33. The van der Waals surface area contributed by atoms with Crippen LogP contribution in [0.25, 0.3) is 0 Å². The third kappa shape index (κ3) is 3.62. The van der Waals surface area contributed by atoms with Crippen LogP contribution in [0.4, 0.5) is 0 Å². The van der Waals surface area contributed by atoms with E-state index in [0.29, 0.717) is 0 Å². The average molecular weight is 280 g/mol. The van der Waals surface area contributed by atoms with Crippen molar-refractivity contribution < 1.29 is 17.9 Å². The quantitative estimate of drug-likeness (QED) is 0.504.